The Morgan fingerprint density at radius 2 is 2.08 bits per heavy atom. The van der Waals surface area contributed by atoms with Crippen molar-refractivity contribution in [3.05, 3.63) is 59.3 Å². The first-order valence-electron chi connectivity index (χ1n) is 11.9. The molecule has 1 saturated heterocycles. The standard InChI is InChI=1S/C27H26N4O4S/c1-15(2)35-23-9-6-16(10-17(23)11-28)25-29-12-24(36-25)21-5-3-4-20-19(21)7-8-22(20)30-27(34)31-13-18(14-31)26(32)33/h3-6,9-10,12,15,18,22H,7-8,13-14H2,1-2H3,(H,30,34)(H,32,33)/t22-/m0/s1. The summed E-state index contributed by atoms with van der Waals surface area (Å²) in [5, 5.41) is 22.5. The molecule has 2 N–H and O–H groups in total. The van der Waals surface area contributed by atoms with E-state index in [9.17, 15) is 14.9 Å². The molecule has 1 aliphatic carbocycles. The number of carbonyl (C=O) groups excluding carboxylic acids is 1. The minimum atomic E-state index is -0.859. The third-order valence-electron chi connectivity index (χ3n) is 6.57. The molecule has 2 heterocycles. The first-order valence-corrected chi connectivity index (χ1v) is 12.7. The number of nitriles is 1. The van der Waals surface area contributed by atoms with E-state index in [1.807, 2.05) is 50.4 Å². The summed E-state index contributed by atoms with van der Waals surface area (Å²) >= 11 is 1.57. The molecule has 1 atom stereocenters. The molecule has 9 heteroatoms. The molecule has 1 fully saturated rings. The third kappa shape index (κ3) is 4.52. The molecular weight excluding hydrogens is 476 g/mol. The molecule has 36 heavy (non-hydrogen) atoms. The van der Waals surface area contributed by atoms with E-state index in [1.54, 1.807) is 16.2 Å². The summed E-state index contributed by atoms with van der Waals surface area (Å²) < 4.78 is 5.73. The maximum absolute atomic E-state index is 12.6. The maximum atomic E-state index is 12.6. The lowest BCUT2D eigenvalue weighted by molar-refractivity contribution is -0.146. The number of aliphatic carboxylic acids is 1. The van der Waals surface area contributed by atoms with Gasteiger partial charge in [-0.05, 0) is 61.6 Å². The van der Waals surface area contributed by atoms with E-state index >= 15 is 0 Å². The zero-order valence-corrected chi connectivity index (χ0v) is 20.8. The predicted molar refractivity (Wildman–Crippen MR) is 136 cm³/mol. The van der Waals surface area contributed by atoms with Gasteiger partial charge in [0.1, 0.15) is 16.8 Å². The van der Waals surface area contributed by atoms with Crippen molar-refractivity contribution in [1.82, 2.24) is 15.2 Å². The van der Waals surface area contributed by atoms with Gasteiger partial charge in [0.05, 0.1) is 28.5 Å². The summed E-state index contributed by atoms with van der Waals surface area (Å²) in [6, 6.07) is 13.6. The Morgan fingerprint density at radius 3 is 2.81 bits per heavy atom. The van der Waals surface area contributed by atoms with Crippen LogP contribution in [-0.2, 0) is 11.2 Å². The number of carboxylic acid groups (broad SMARTS) is 1. The van der Waals surface area contributed by atoms with Gasteiger partial charge in [-0.25, -0.2) is 9.78 Å². The van der Waals surface area contributed by atoms with E-state index < -0.39 is 11.9 Å². The Morgan fingerprint density at radius 1 is 1.28 bits per heavy atom. The van der Waals surface area contributed by atoms with Gasteiger partial charge in [0.15, 0.2) is 0 Å². The van der Waals surface area contributed by atoms with Crippen LogP contribution in [0.3, 0.4) is 0 Å². The average molecular weight is 503 g/mol. The minimum Gasteiger partial charge on any atom is -0.490 e. The Bertz CT molecular complexity index is 1370. The van der Waals surface area contributed by atoms with Crippen LogP contribution in [0, 0.1) is 17.2 Å². The van der Waals surface area contributed by atoms with Crippen molar-refractivity contribution in [2.24, 2.45) is 5.92 Å². The smallest absolute Gasteiger partial charge is 0.317 e. The fraction of sp³-hybridized carbons (Fsp3) is 0.333. The fourth-order valence-corrected chi connectivity index (χ4v) is 5.68. The number of nitrogens with zero attached hydrogens (tertiary/aromatic N) is 3. The van der Waals surface area contributed by atoms with Crippen molar-refractivity contribution in [1.29, 1.82) is 5.26 Å². The van der Waals surface area contributed by atoms with Gasteiger partial charge in [-0.2, -0.15) is 5.26 Å². The highest BCUT2D eigenvalue weighted by molar-refractivity contribution is 7.18. The number of carbonyl (C=O) groups is 2. The molecule has 0 radical (unpaired) electrons. The minimum absolute atomic E-state index is 0.0178. The Balaban J connectivity index is 1.34. The number of thiazole rings is 1. The fourth-order valence-electron chi connectivity index (χ4n) is 4.72. The number of ether oxygens (including phenoxy) is 1. The molecule has 2 aromatic carbocycles. The number of benzene rings is 2. The van der Waals surface area contributed by atoms with Crippen LogP contribution in [0.4, 0.5) is 4.79 Å². The maximum Gasteiger partial charge on any atom is 0.317 e. The normalized spacial score (nSPS) is 16.8. The average Bonchev–Trinajstić information content (AvgIpc) is 3.45. The van der Waals surface area contributed by atoms with E-state index in [1.165, 1.54) is 5.56 Å². The number of likely N-dealkylation sites (tertiary alicyclic amines) is 1. The van der Waals surface area contributed by atoms with Crippen LogP contribution >= 0.6 is 11.3 Å². The Kier molecular flexibility index (Phi) is 6.37. The second-order valence-corrected chi connectivity index (χ2v) is 10.4. The van der Waals surface area contributed by atoms with Gasteiger partial charge in [0.2, 0.25) is 0 Å². The van der Waals surface area contributed by atoms with Gasteiger partial charge in [-0.3, -0.25) is 4.79 Å². The molecule has 0 bridgehead atoms. The molecule has 2 amide bonds. The van der Waals surface area contributed by atoms with Crippen molar-refractivity contribution in [2.45, 2.75) is 38.8 Å². The van der Waals surface area contributed by atoms with Crippen molar-refractivity contribution >= 4 is 23.3 Å². The number of nitrogens with one attached hydrogen (secondary N) is 1. The number of aromatic nitrogens is 1. The van der Waals surface area contributed by atoms with Gasteiger partial charge in [-0.1, -0.05) is 18.2 Å². The van der Waals surface area contributed by atoms with Crippen LogP contribution < -0.4 is 10.1 Å². The van der Waals surface area contributed by atoms with Crippen LogP contribution in [0.15, 0.2) is 42.6 Å². The highest BCUT2D eigenvalue weighted by atomic mass is 32.1. The number of fused-ring (bicyclic) bond motifs is 1. The molecule has 0 unspecified atom stereocenters. The molecule has 0 saturated carbocycles. The SMILES string of the molecule is CC(C)Oc1ccc(-c2ncc(-c3cccc4c3CC[C@@H]4NC(=O)N3CC(C(=O)O)C3)s2)cc1C#N. The summed E-state index contributed by atoms with van der Waals surface area (Å²) in [5.41, 5.74) is 4.74. The van der Waals surface area contributed by atoms with Crippen LogP contribution in [0.2, 0.25) is 0 Å². The van der Waals surface area contributed by atoms with E-state index in [0.29, 0.717) is 11.3 Å². The van der Waals surface area contributed by atoms with Crippen molar-refractivity contribution in [3.8, 4) is 32.8 Å². The summed E-state index contributed by atoms with van der Waals surface area (Å²) in [6.07, 6.45) is 3.47. The second kappa shape index (κ2) is 9.63. The first-order chi connectivity index (χ1) is 17.3. The number of urea groups is 1. The van der Waals surface area contributed by atoms with Crippen molar-refractivity contribution < 1.29 is 19.4 Å². The van der Waals surface area contributed by atoms with Crippen LogP contribution in [-0.4, -0.2) is 46.2 Å². The lowest BCUT2D eigenvalue weighted by Crippen LogP contribution is -2.56. The molecule has 3 aromatic rings. The van der Waals surface area contributed by atoms with Gasteiger partial charge in [0.25, 0.3) is 0 Å². The topological polar surface area (TPSA) is 116 Å². The number of carboxylic acids is 1. The van der Waals surface area contributed by atoms with Crippen LogP contribution in [0.1, 0.15) is 43.0 Å². The predicted octanol–water partition coefficient (Wildman–Crippen LogP) is 4.85. The zero-order valence-electron chi connectivity index (χ0n) is 20.0. The first kappa shape index (κ1) is 23.8. The van der Waals surface area contributed by atoms with Gasteiger partial charge < -0.3 is 20.1 Å². The van der Waals surface area contributed by atoms with E-state index in [0.717, 1.165) is 39.4 Å². The molecule has 8 nitrogen and oxygen atoms in total. The van der Waals surface area contributed by atoms with Crippen molar-refractivity contribution in [3.63, 3.8) is 0 Å². The molecular formula is C27H26N4O4S. The van der Waals surface area contributed by atoms with E-state index in [4.69, 9.17) is 9.84 Å². The quantitative estimate of drug-likeness (QED) is 0.498. The lowest BCUT2D eigenvalue weighted by atomic mass is 10.0. The summed E-state index contributed by atoms with van der Waals surface area (Å²) in [4.78, 5) is 30.8. The largest absolute Gasteiger partial charge is 0.490 e. The summed E-state index contributed by atoms with van der Waals surface area (Å²) in [6.45, 7) is 4.36. The molecule has 184 valence electrons. The second-order valence-electron chi connectivity index (χ2n) is 9.37. The van der Waals surface area contributed by atoms with Crippen LogP contribution in [0.25, 0.3) is 21.0 Å². The number of rotatable bonds is 6. The molecule has 5 rings (SSSR count). The molecule has 2 aliphatic rings. The van der Waals surface area contributed by atoms with Crippen LogP contribution in [0.5, 0.6) is 5.75 Å². The van der Waals surface area contributed by atoms with E-state index in [2.05, 4.69) is 22.4 Å². The molecule has 1 aromatic heterocycles. The third-order valence-corrected chi connectivity index (χ3v) is 7.65. The van der Waals surface area contributed by atoms with Gasteiger partial charge >= 0.3 is 12.0 Å². The summed E-state index contributed by atoms with van der Waals surface area (Å²) in [5.74, 6) is -0.761. The highest BCUT2D eigenvalue weighted by Gasteiger charge is 2.37. The summed E-state index contributed by atoms with van der Waals surface area (Å²) in [7, 11) is 0. The van der Waals surface area contributed by atoms with Crippen molar-refractivity contribution in [2.75, 3.05) is 13.1 Å². The highest BCUT2D eigenvalue weighted by Crippen LogP contribution is 2.41. The number of amides is 2. The Hall–Kier alpha value is -3.90. The Labute approximate surface area is 213 Å². The zero-order chi connectivity index (χ0) is 25.4. The molecule has 1 aliphatic heterocycles. The van der Waals surface area contributed by atoms with Gasteiger partial charge in [0, 0.05) is 24.8 Å². The monoisotopic (exact) mass is 502 g/mol. The number of hydrogen-bond donors (Lipinski definition) is 2. The lowest BCUT2D eigenvalue weighted by Gasteiger charge is -2.37. The number of hydrogen-bond acceptors (Lipinski definition) is 6. The molecule has 0 spiro atoms. The van der Waals surface area contributed by atoms with E-state index in [-0.39, 0.29) is 31.3 Å². The van der Waals surface area contributed by atoms with Gasteiger partial charge in [-0.15, -0.1) is 11.3 Å².